The zero-order chi connectivity index (χ0) is 24.0. The van der Waals surface area contributed by atoms with E-state index >= 15 is 0 Å². The van der Waals surface area contributed by atoms with E-state index in [4.69, 9.17) is 25.7 Å². The highest BCUT2D eigenvalue weighted by molar-refractivity contribution is 5.96. The quantitative estimate of drug-likeness (QED) is 0.280. The van der Waals surface area contributed by atoms with Crippen LogP contribution in [0.5, 0.6) is 5.75 Å². The van der Waals surface area contributed by atoms with Gasteiger partial charge in [-0.05, 0) is 48.4 Å². The Bertz CT molecular complexity index is 1020. The van der Waals surface area contributed by atoms with E-state index in [1.54, 1.807) is 48.5 Å². The molecular formula is C23H25N3O7. The molecule has 0 aliphatic carbocycles. The maximum Gasteiger partial charge on any atom is 0.414 e. The number of ether oxygens (including phenoxy) is 3. The Balaban J connectivity index is 1.54. The van der Waals surface area contributed by atoms with E-state index in [0.29, 0.717) is 23.5 Å². The lowest BCUT2D eigenvalue weighted by molar-refractivity contribution is -0.150. The van der Waals surface area contributed by atoms with Gasteiger partial charge in [0.25, 0.3) is 0 Å². The lowest BCUT2D eigenvalue weighted by Crippen LogP contribution is -2.26. The third-order valence-corrected chi connectivity index (χ3v) is 5.16. The Morgan fingerprint density at radius 2 is 1.88 bits per heavy atom. The third kappa shape index (κ3) is 6.22. The second kappa shape index (κ2) is 10.5. The molecule has 1 saturated heterocycles. The number of carboxylic acids is 1. The van der Waals surface area contributed by atoms with Crippen molar-refractivity contribution in [3.63, 3.8) is 0 Å². The fourth-order valence-corrected chi connectivity index (χ4v) is 3.45. The summed E-state index contributed by atoms with van der Waals surface area (Å²) in [6.45, 7) is 0.462. The fraction of sp³-hybridized carbons (Fsp3) is 0.304. The second-order valence-electron chi connectivity index (χ2n) is 7.55. The van der Waals surface area contributed by atoms with Crippen molar-refractivity contribution in [1.29, 1.82) is 5.41 Å². The molecule has 1 heterocycles. The predicted molar refractivity (Wildman–Crippen MR) is 118 cm³/mol. The van der Waals surface area contributed by atoms with E-state index in [2.05, 4.69) is 4.74 Å². The molecule has 2 aromatic rings. The van der Waals surface area contributed by atoms with Gasteiger partial charge in [0, 0.05) is 11.3 Å². The number of anilines is 1. The van der Waals surface area contributed by atoms with Crippen molar-refractivity contribution in [1.82, 2.24) is 0 Å². The van der Waals surface area contributed by atoms with Gasteiger partial charge in [-0.25, -0.2) is 4.79 Å². The van der Waals surface area contributed by atoms with Gasteiger partial charge in [0.2, 0.25) is 0 Å². The van der Waals surface area contributed by atoms with E-state index < -0.39 is 30.1 Å². The summed E-state index contributed by atoms with van der Waals surface area (Å²) in [6, 6.07) is 13.6. The van der Waals surface area contributed by atoms with Crippen LogP contribution in [-0.2, 0) is 25.5 Å². The molecule has 2 unspecified atom stereocenters. The van der Waals surface area contributed by atoms with Gasteiger partial charge in [0.15, 0.2) is 6.10 Å². The van der Waals surface area contributed by atoms with Crippen LogP contribution < -0.4 is 15.4 Å². The number of esters is 1. The number of carboxylic acid groups (broad SMARTS) is 1. The Morgan fingerprint density at radius 3 is 2.45 bits per heavy atom. The van der Waals surface area contributed by atoms with Gasteiger partial charge in [0.1, 0.15) is 18.2 Å². The summed E-state index contributed by atoms with van der Waals surface area (Å²) in [5, 5.41) is 16.4. The summed E-state index contributed by atoms with van der Waals surface area (Å²) in [5.74, 6) is -1.91. The average Bonchev–Trinajstić information content (AvgIpc) is 3.17. The first-order chi connectivity index (χ1) is 15.8. The number of benzene rings is 2. The van der Waals surface area contributed by atoms with Gasteiger partial charge in [-0.2, -0.15) is 0 Å². The average molecular weight is 455 g/mol. The molecule has 4 N–H and O–H groups in total. The molecule has 2 aromatic carbocycles. The summed E-state index contributed by atoms with van der Waals surface area (Å²) >= 11 is 0. The van der Waals surface area contributed by atoms with E-state index in [1.807, 2.05) is 0 Å². The topological polar surface area (TPSA) is 152 Å². The van der Waals surface area contributed by atoms with E-state index in [9.17, 15) is 14.4 Å². The van der Waals surface area contributed by atoms with Gasteiger partial charge in [-0.3, -0.25) is 19.9 Å². The highest BCUT2D eigenvalue weighted by atomic mass is 16.6. The molecule has 1 aliphatic rings. The normalized spacial score (nSPS) is 16.1. The Morgan fingerprint density at radius 1 is 1.21 bits per heavy atom. The van der Waals surface area contributed by atoms with Crippen molar-refractivity contribution in [2.24, 2.45) is 11.7 Å². The van der Waals surface area contributed by atoms with Crippen molar-refractivity contribution in [2.75, 3.05) is 25.2 Å². The van der Waals surface area contributed by atoms with Gasteiger partial charge in [-0.1, -0.05) is 12.1 Å². The number of hydrogen-bond donors (Lipinski definition) is 3. The second-order valence-corrected chi connectivity index (χ2v) is 7.55. The molecule has 174 valence electrons. The number of rotatable bonds is 10. The lowest BCUT2D eigenvalue weighted by Gasteiger charge is -2.14. The SMILES string of the molecule is COC(=O)C(CC(=O)O)Cc1ccc(OCC2CN(c3ccc(C(=N)N)cc3)C(=O)O2)cc1. The minimum Gasteiger partial charge on any atom is -0.490 e. The molecule has 2 atom stereocenters. The summed E-state index contributed by atoms with van der Waals surface area (Å²) < 4.78 is 15.8. The summed E-state index contributed by atoms with van der Waals surface area (Å²) in [4.78, 5) is 36.5. The van der Waals surface area contributed by atoms with Crippen molar-refractivity contribution in [3.8, 4) is 5.75 Å². The molecule has 1 aliphatic heterocycles. The summed E-state index contributed by atoms with van der Waals surface area (Å²) in [6.07, 6.45) is -1.03. The molecule has 10 nitrogen and oxygen atoms in total. The van der Waals surface area contributed by atoms with E-state index in [0.717, 1.165) is 5.56 Å². The number of nitrogen functional groups attached to an aromatic ring is 1. The van der Waals surface area contributed by atoms with Crippen LogP contribution in [0.3, 0.4) is 0 Å². The van der Waals surface area contributed by atoms with Crippen LogP contribution in [0, 0.1) is 11.3 Å². The number of carbonyl (C=O) groups excluding carboxylic acids is 2. The molecule has 0 spiro atoms. The fourth-order valence-electron chi connectivity index (χ4n) is 3.45. The maximum atomic E-state index is 12.2. The zero-order valence-corrected chi connectivity index (χ0v) is 18.0. The van der Waals surface area contributed by atoms with Crippen LogP contribution in [0.2, 0.25) is 0 Å². The van der Waals surface area contributed by atoms with Crippen LogP contribution in [0.25, 0.3) is 0 Å². The minimum atomic E-state index is -1.07. The molecule has 0 saturated carbocycles. The number of amidine groups is 1. The molecule has 0 aromatic heterocycles. The predicted octanol–water partition coefficient (Wildman–Crippen LogP) is 2.18. The van der Waals surface area contributed by atoms with Crippen LogP contribution in [0.15, 0.2) is 48.5 Å². The Labute approximate surface area is 190 Å². The van der Waals surface area contributed by atoms with Crippen molar-refractivity contribution < 1.29 is 33.7 Å². The molecule has 1 fully saturated rings. The summed E-state index contributed by atoms with van der Waals surface area (Å²) in [5.41, 5.74) is 7.42. The van der Waals surface area contributed by atoms with Crippen LogP contribution in [-0.4, -0.2) is 55.3 Å². The number of nitrogens with two attached hydrogens (primary N) is 1. The van der Waals surface area contributed by atoms with Crippen molar-refractivity contribution in [2.45, 2.75) is 18.9 Å². The van der Waals surface area contributed by atoms with E-state index in [1.165, 1.54) is 12.0 Å². The largest absolute Gasteiger partial charge is 0.490 e. The first-order valence-electron chi connectivity index (χ1n) is 10.2. The monoisotopic (exact) mass is 455 g/mol. The third-order valence-electron chi connectivity index (χ3n) is 5.16. The van der Waals surface area contributed by atoms with E-state index in [-0.39, 0.29) is 25.3 Å². The minimum absolute atomic E-state index is 0.0504. The highest BCUT2D eigenvalue weighted by Crippen LogP contribution is 2.23. The van der Waals surface area contributed by atoms with Crippen molar-refractivity contribution >= 4 is 29.6 Å². The number of hydrogen-bond acceptors (Lipinski definition) is 7. The number of methoxy groups -OCH3 is 1. The lowest BCUT2D eigenvalue weighted by atomic mass is 9.96. The molecule has 33 heavy (non-hydrogen) atoms. The number of carbonyl (C=O) groups is 3. The standard InChI is InChI=1S/C23H25N3O7/c1-31-22(29)16(11-20(27)28)10-14-2-8-18(9-3-14)32-13-19-12-26(23(30)33-19)17-6-4-15(5-7-17)21(24)25/h2-9,16,19H,10-13H2,1H3,(H3,24,25)(H,27,28). The number of nitrogens with zero attached hydrogens (tertiary/aromatic N) is 1. The maximum absolute atomic E-state index is 12.2. The van der Waals surface area contributed by atoms with Crippen LogP contribution >= 0.6 is 0 Å². The van der Waals surface area contributed by atoms with Gasteiger partial charge < -0.3 is 25.1 Å². The Hall–Kier alpha value is -4.08. The van der Waals surface area contributed by atoms with Gasteiger partial charge in [0.05, 0.1) is 26.0 Å². The number of amides is 1. The smallest absolute Gasteiger partial charge is 0.414 e. The van der Waals surface area contributed by atoms with Gasteiger partial charge >= 0.3 is 18.0 Å². The molecule has 3 rings (SSSR count). The molecular weight excluding hydrogens is 430 g/mol. The van der Waals surface area contributed by atoms with Crippen LogP contribution in [0.4, 0.5) is 10.5 Å². The molecule has 0 bridgehead atoms. The Kier molecular flexibility index (Phi) is 7.50. The molecule has 10 heteroatoms. The number of nitrogens with one attached hydrogen (secondary N) is 1. The van der Waals surface area contributed by atoms with Crippen molar-refractivity contribution in [3.05, 3.63) is 59.7 Å². The molecule has 1 amide bonds. The zero-order valence-electron chi connectivity index (χ0n) is 18.0. The highest BCUT2D eigenvalue weighted by Gasteiger charge is 2.33. The first-order valence-corrected chi connectivity index (χ1v) is 10.2. The first kappa shape index (κ1) is 23.6. The molecule has 0 radical (unpaired) electrons. The number of cyclic esters (lactones) is 1. The number of aliphatic carboxylic acids is 1. The van der Waals surface area contributed by atoms with Crippen LogP contribution in [0.1, 0.15) is 17.5 Å². The van der Waals surface area contributed by atoms with Gasteiger partial charge in [-0.15, -0.1) is 0 Å². The summed E-state index contributed by atoms with van der Waals surface area (Å²) in [7, 11) is 1.23.